The van der Waals surface area contributed by atoms with E-state index in [0.29, 0.717) is 6.54 Å². The summed E-state index contributed by atoms with van der Waals surface area (Å²) in [5.74, 6) is 0.829. The fourth-order valence-electron chi connectivity index (χ4n) is 3.77. The molecule has 1 unspecified atom stereocenters. The van der Waals surface area contributed by atoms with Gasteiger partial charge in [-0.1, -0.05) is 30.3 Å². The van der Waals surface area contributed by atoms with E-state index in [9.17, 15) is 4.79 Å². The van der Waals surface area contributed by atoms with Crippen LogP contribution in [0.5, 0.6) is 0 Å². The van der Waals surface area contributed by atoms with Crippen molar-refractivity contribution >= 4 is 22.6 Å². The van der Waals surface area contributed by atoms with Crippen LogP contribution in [0.15, 0.2) is 59.0 Å². The van der Waals surface area contributed by atoms with Crippen LogP contribution in [0.4, 0.5) is 5.69 Å². The summed E-state index contributed by atoms with van der Waals surface area (Å²) in [6, 6.07) is 18.4. The van der Waals surface area contributed by atoms with E-state index in [1.165, 1.54) is 11.3 Å². The van der Waals surface area contributed by atoms with Gasteiger partial charge in [0.2, 0.25) is 5.91 Å². The van der Waals surface area contributed by atoms with Gasteiger partial charge in [-0.15, -0.1) is 0 Å². The summed E-state index contributed by atoms with van der Waals surface area (Å²) < 4.78 is 5.86. The van der Waals surface area contributed by atoms with E-state index in [4.69, 9.17) is 4.42 Å². The maximum atomic E-state index is 12.5. The average Bonchev–Trinajstić information content (AvgIpc) is 3.13. The first-order chi connectivity index (χ1) is 13.6. The van der Waals surface area contributed by atoms with Crippen molar-refractivity contribution in [1.82, 2.24) is 10.2 Å². The molecule has 0 spiro atoms. The second-order valence-corrected chi connectivity index (χ2v) is 7.58. The number of rotatable bonds is 5. The molecule has 146 valence electrons. The van der Waals surface area contributed by atoms with Gasteiger partial charge < -0.3 is 14.6 Å². The third kappa shape index (κ3) is 4.20. The lowest BCUT2D eigenvalue weighted by atomic mass is 10.2. The largest absolute Gasteiger partial charge is 0.459 e. The molecule has 5 heteroatoms. The molecule has 3 aromatic rings. The second kappa shape index (κ2) is 8.07. The van der Waals surface area contributed by atoms with Gasteiger partial charge in [0.05, 0.1) is 12.6 Å². The zero-order chi connectivity index (χ0) is 19.5. The standard InChI is InChI=1S/C23H27N3O2/c1-17-6-5-8-20(14-17)26-12-10-25(11-13-26)16-23(27)24-18(2)22-15-19-7-3-4-9-21(19)28-22/h3-9,14-15,18H,10-13,16H2,1-2H3,(H,24,27). The van der Waals surface area contributed by atoms with Gasteiger partial charge in [0.25, 0.3) is 0 Å². The van der Waals surface area contributed by atoms with Crippen LogP contribution >= 0.6 is 0 Å². The van der Waals surface area contributed by atoms with E-state index in [-0.39, 0.29) is 11.9 Å². The van der Waals surface area contributed by atoms with Crippen LogP contribution in [-0.4, -0.2) is 43.5 Å². The molecule has 1 amide bonds. The van der Waals surface area contributed by atoms with Crippen molar-refractivity contribution in [3.05, 3.63) is 65.9 Å². The van der Waals surface area contributed by atoms with Crippen molar-refractivity contribution in [1.29, 1.82) is 0 Å². The van der Waals surface area contributed by atoms with Gasteiger partial charge in [-0.3, -0.25) is 9.69 Å². The molecule has 1 aliphatic rings. The molecule has 1 aliphatic heterocycles. The number of carbonyl (C=O) groups excluding carboxylic acids is 1. The number of carbonyl (C=O) groups is 1. The first-order valence-corrected chi connectivity index (χ1v) is 9.90. The zero-order valence-corrected chi connectivity index (χ0v) is 16.5. The summed E-state index contributed by atoms with van der Waals surface area (Å²) in [4.78, 5) is 17.1. The van der Waals surface area contributed by atoms with Crippen LogP contribution < -0.4 is 10.2 Å². The number of furan rings is 1. The van der Waals surface area contributed by atoms with Crippen molar-refractivity contribution in [2.75, 3.05) is 37.6 Å². The molecule has 2 heterocycles. The van der Waals surface area contributed by atoms with E-state index in [2.05, 4.69) is 46.3 Å². The molecule has 1 saturated heterocycles. The fraction of sp³-hybridized carbons (Fsp3) is 0.348. The molecule has 5 nitrogen and oxygen atoms in total. The Labute approximate surface area is 165 Å². The normalized spacial score (nSPS) is 16.3. The Morgan fingerprint density at radius 3 is 2.61 bits per heavy atom. The number of anilines is 1. The van der Waals surface area contributed by atoms with Gasteiger partial charge in [0, 0.05) is 37.3 Å². The fourth-order valence-corrected chi connectivity index (χ4v) is 3.77. The van der Waals surface area contributed by atoms with Crippen LogP contribution in [0.2, 0.25) is 0 Å². The highest BCUT2D eigenvalue weighted by molar-refractivity contribution is 5.80. The maximum absolute atomic E-state index is 12.5. The molecule has 1 aromatic heterocycles. The predicted octanol–water partition coefficient (Wildman–Crippen LogP) is 3.74. The number of amides is 1. The average molecular weight is 377 g/mol. The summed E-state index contributed by atoms with van der Waals surface area (Å²) in [7, 11) is 0. The van der Waals surface area contributed by atoms with Crippen LogP contribution in [-0.2, 0) is 4.79 Å². The molecular weight excluding hydrogens is 350 g/mol. The van der Waals surface area contributed by atoms with Gasteiger partial charge in [0.15, 0.2) is 0 Å². The number of aryl methyl sites for hydroxylation is 1. The highest BCUT2D eigenvalue weighted by Crippen LogP contribution is 2.23. The van der Waals surface area contributed by atoms with Crippen LogP contribution in [0.1, 0.15) is 24.3 Å². The third-order valence-electron chi connectivity index (χ3n) is 5.36. The lowest BCUT2D eigenvalue weighted by Crippen LogP contribution is -2.49. The van der Waals surface area contributed by atoms with Crippen LogP contribution in [0, 0.1) is 6.92 Å². The summed E-state index contributed by atoms with van der Waals surface area (Å²) in [6.07, 6.45) is 0. The van der Waals surface area contributed by atoms with Crippen molar-refractivity contribution in [3.8, 4) is 0 Å². The first kappa shape index (κ1) is 18.6. The highest BCUT2D eigenvalue weighted by Gasteiger charge is 2.21. The number of nitrogens with zero attached hydrogens (tertiary/aromatic N) is 2. The minimum absolute atomic E-state index is 0.0389. The summed E-state index contributed by atoms with van der Waals surface area (Å²) in [5, 5.41) is 4.13. The second-order valence-electron chi connectivity index (χ2n) is 7.58. The number of benzene rings is 2. The number of nitrogens with one attached hydrogen (secondary N) is 1. The maximum Gasteiger partial charge on any atom is 0.234 e. The Kier molecular flexibility index (Phi) is 5.35. The predicted molar refractivity (Wildman–Crippen MR) is 113 cm³/mol. The summed E-state index contributed by atoms with van der Waals surface area (Å²) in [6.45, 7) is 8.16. The summed E-state index contributed by atoms with van der Waals surface area (Å²) >= 11 is 0. The minimum atomic E-state index is -0.145. The molecule has 4 rings (SSSR count). The monoisotopic (exact) mass is 377 g/mol. The summed E-state index contributed by atoms with van der Waals surface area (Å²) in [5.41, 5.74) is 3.40. The Bertz CT molecular complexity index is 924. The van der Waals surface area contributed by atoms with E-state index >= 15 is 0 Å². The van der Waals surface area contributed by atoms with E-state index < -0.39 is 0 Å². The van der Waals surface area contributed by atoms with Gasteiger partial charge in [-0.05, 0) is 43.7 Å². The molecule has 1 fully saturated rings. The van der Waals surface area contributed by atoms with Crippen molar-refractivity contribution in [2.45, 2.75) is 19.9 Å². The van der Waals surface area contributed by atoms with Gasteiger partial charge in [0.1, 0.15) is 11.3 Å². The molecular formula is C23H27N3O2. The smallest absolute Gasteiger partial charge is 0.234 e. The quantitative estimate of drug-likeness (QED) is 0.736. The van der Waals surface area contributed by atoms with E-state index in [1.807, 2.05) is 37.3 Å². The Balaban J connectivity index is 1.28. The van der Waals surface area contributed by atoms with Crippen molar-refractivity contribution < 1.29 is 9.21 Å². The molecule has 0 bridgehead atoms. The number of hydrogen-bond acceptors (Lipinski definition) is 4. The molecule has 28 heavy (non-hydrogen) atoms. The van der Waals surface area contributed by atoms with Crippen LogP contribution in [0.3, 0.4) is 0 Å². The highest BCUT2D eigenvalue weighted by atomic mass is 16.3. The topological polar surface area (TPSA) is 48.7 Å². The minimum Gasteiger partial charge on any atom is -0.459 e. The van der Waals surface area contributed by atoms with Gasteiger partial charge >= 0.3 is 0 Å². The SMILES string of the molecule is Cc1cccc(N2CCN(CC(=O)NC(C)c3cc4ccccc4o3)CC2)c1. The van der Waals surface area contributed by atoms with Gasteiger partial charge in [-0.2, -0.15) is 0 Å². The number of fused-ring (bicyclic) bond motifs is 1. The lowest BCUT2D eigenvalue weighted by molar-refractivity contribution is -0.123. The third-order valence-corrected chi connectivity index (χ3v) is 5.36. The number of para-hydroxylation sites is 1. The molecule has 0 saturated carbocycles. The van der Waals surface area contributed by atoms with E-state index in [0.717, 1.165) is 42.9 Å². The molecule has 2 aromatic carbocycles. The zero-order valence-electron chi connectivity index (χ0n) is 16.5. The van der Waals surface area contributed by atoms with E-state index in [1.54, 1.807) is 0 Å². The van der Waals surface area contributed by atoms with Crippen molar-refractivity contribution in [3.63, 3.8) is 0 Å². The molecule has 1 atom stereocenters. The first-order valence-electron chi connectivity index (χ1n) is 9.90. The molecule has 0 radical (unpaired) electrons. The molecule has 0 aliphatic carbocycles. The number of piperazine rings is 1. The Morgan fingerprint density at radius 2 is 1.86 bits per heavy atom. The van der Waals surface area contributed by atoms with Crippen molar-refractivity contribution in [2.24, 2.45) is 0 Å². The molecule has 1 N–H and O–H groups in total. The Hall–Kier alpha value is -2.79. The van der Waals surface area contributed by atoms with Gasteiger partial charge in [-0.25, -0.2) is 0 Å². The number of hydrogen-bond donors (Lipinski definition) is 1. The lowest BCUT2D eigenvalue weighted by Gasteiger charge is -2.36. The Morgan fingerprint density at radius 1 is 1.07 bits per heavy atom. The van der Waals surface area contributed by atoms with Crippen LogP contribution in [0.25, 0.3) is 11.0 Å².